The summed E-state index contributed by atoms with van der Waals surface area (Å²) in [5.41, 5.74) is 0. The van der Waals surface area contributed by atoms with Gasteiger partial charge in [-0.05, 0) is 32.7 Å². The Morgan fingerprint density at radius 1 is 1.33 bits per heavy atom. The largest absolute Gasteiger partial charge is 0.382 e. The predicted octanol–water partition coefficient (Wildman–Crippen LogP) is 1.96. The fraction of sp³-hybridized carbons (Fsp3) is 1.00. The van der Waals surface area contributed by atoms with Gasteiger partial charge in [0.1, 0.15) is 0 Å². The summed E-state index contributed by atoms with van der Waals surface area (Å²) in [5, 5.41) is 3.58. The second kappa shape index (κ2) is 8.08. The van der Waals surface area contributed by atoms with E-state index in [-0.39, 0.29) is 6.10 Å². The van der Waals surface area contributed by atoms with E-state index in [0.717, 1.165) is 25.6 Å². The van der Waals surface area contributed by atoms with Gasteiger partial charge in [-0.1, -0.05) is 12.8 Å². The van der Waals surface area contributed by atoms with E-state index in [4.69, 9.17) is 9.47 Å². The Balaban J connectivity index is 1.84. The standard InChI is InChI=1S/C12H25NO2/c1-11(10-14-2)15-9-5-8-13-12-6-3-4-7-12/h11-13H,3-10H2,1-2H3. The van der Waals surface area contributed by atoms with E-state index in [1.807, 2.05) is 6.92 Å². The molecular formula is C12H25NO2. The second-order valence-corrected chi connectivity index (χ2v) is 4.43. The molecule has 90 valence electrons. The van der Waals surface area contributed by atoms with Crippen LogP contribution >= 0.6 is 0 Å². The first-order chi connectivity index (χ1) is 7.33. The van der Waals surface area contributed by atoms with Crippen LogP contribution in [0.15, 0.2) is 0 Å². The molecule has 0 aliphatic heterocycles. The maximum Gasteiger partial charge on any atom is 0.0780 e. The molecule has 0 aromatic carbocycles. The molecule has 1 saturated carbocycles. The summed E-state index contributed by atoms with van der Waals surface area (Å²) < 4.78 is 10.6. The van der Waals surface area contributed by atoms with Gasteiger partial charge < -0.3 is 14.8 Å². The average Bonchev–Trinajstić information content (AvgIpc) is 2.70. The van der Waals surface area contributed by atoms with Crippen molar-refractivity contribution in [1.29, 1.82) is 0 Å². The highest BCUT2D eigenvalue weighted by atomic mass is 16.5. The van der Waals surface area contributed by atoms with Gasteiger partial charge in [-0.3, -0.25) is 0 Å². The minimum absolute atomic E-state index is 0.224. The van der Waals surface area contributed by atoms with Crippen LogP contribution in [0.3, 0.4) is 0 Å². The number of rotatable bonds is 8. The molecule has 1 unspecified atom stereocenters. The smallest absolute Gasteiger partial charge is 0.0780 e. The predicted molar refractivity (Wildman–Crippen MR) is 62.2 cm³/mol. The lowest BCUT2D eigenvalue weighted by Gasteiger charge is -2.14. The minimum Gasteiger partial charge on any atom is -0.382 e. The number of ether oxygens (including phenoxy) is 2. The van der Waals surface area contributed by atoms with Gasteiger partial charge in [0.25, 0.3) is 0 Å². The third-order valence-electron chi connectivity index (χ3n) is 2.91. The molecular weight excluding hydrogens is 190 g/mol. The Morgan fingerprint density at radius 2 is 2.07 bits per heavy atom. The molecule has 0 radical (unpaired) electrons. The van der Waals surface area contributed by atoms with Crippen molar-refractivity contribution in [3.05, 3.63) is 0 Å². The molecule has 1 atom stereocenters. The highest BCUT2D eigenvalue weighted by molar-refractivity contribution is 4.73. The molecule has 0 amide bonds. The van der Waals surface area contributed by atoms with E-state index in [1.54, 1.807) is 7.11 Å². The summed E-state index contributed by atoms with van der Waals surface area (Å²) in [5.74, 6) is 0. The number of methoxy groups -OCH3 is 1. The molecule has 0 saturated heterocycles. The van der Waals surface area contributed by atoms with Crippen molar-refractivity contribution in [2.75, 3.05) is 26.9 Å². The first kappa shape index (κ1) is 12.9. The van der Waals surface area contributed by atoms with E-state index in [9.17, 15) is 0 Å². The fourth-order valence-electron chi connectivity index (χ4n) is 2.08. The van der Waals surface area contributed by atoms with Gasteiger partial charge in [0, 0.05) is 19.8 Å². The number of nitrogens with one attached hydrogen (secondary N) is 1. The molecule has 15 heavy (non-hydrogen) atoms. The molecule has 0 bridgehead atoms. The molecule has 3 nitrogen and oxygen atoms in total. The van der Waals surface area contributed by atoms with Gasteiger partial charge in [-0.2, -0.15) is 0 Å². The molecule has 1 N–H and O–H groups in total. The third kappa shape index (κ3) is 6.13. The maximum absolute atomic E-state index is 5.58. The van der Waals surface area contributed by atoms with Crippen molar-refractivity contribution in [2.24, 2.45) is 0 Å². The van der Waals surface area contributed by atoms with Crippen LogP contribution in [-0.2, 0) is 9.47 Å². The van der Waals surface area contributed by atoms with Crippen molar-refractivity contribution >= 4 is 0 Å². The molecule has 1 fully saturated rings. The first-order valence-electron chi connectivity index (χ1n) is 6.17. The first-order valence-corrected chi connectivity index (χ1v) is 6.17. The zero-order valence-corrected chi connectivity index (χ0v) is 10.1. The Labute approximate surface area is 93.5 Å². The van der Waals surface area contributed by atoms with Gasteiger partial charge in [-0.15, -0.1) is 0 Å². The molecule has 0 spiro atoms. The van der Waals surface area contributed by atoms with Gasteiger partial charge in [0.2, 0.25) is 0 Å². The van der Waals surface area contributed by atoms with E-state index < -0.39 is 0 Å². The summed E-state index contributed by atoms with van der Waals surface area (Å²) in [6.07, 6.45) is 6.85. The van der Waals surface area contributed by atoms with Crippen LogP contribution in [0.1, 0.15) is 39.0 Å². The van der Waals surface area contributed by atoms with E-state index in [2.05, 4.69) is 5.32 Å². The molecule has 1 rings (SSSR count). The van der Waals surface area contributed by atoms with Gasteiger partial charge in [0.15, 0.2) is 0 Å². The fourth-order valence-corrected chi connectivity index (χ4v) is 2.08. The SMILES string of the molecule is COCC(C)OCCCNC1CCCC1. The van der Waals surface area contributed by atoms with Crippen molar-refractivity contribution < 1.29 is 9.47 Å². The van der Waals surface area contributed by atoms with Gasteiger partial charge in [0.05, 0.1) is 12.7 Å². The lowest BCUT2D eigenvalue weighted by atomic mass is 10.2. The summed E-state index contributed by atoms with van der Waals surface area (Å²) in [4.78, 5) is 0. The quantitative estimate of drug-likeness (QED) is 0.628. The third-order valence-corrected chi connectivity index (χ3v) is 2.91. The lowest BCUT2D eigenvalue weighted by molar-refractivity contribution is 0.00826. The normalized spacial score (nSPS) is 19.6. The van der Waals surface area contributed by atoms with Crippen LogP contribution in [-0.4, -0.2) is 39.0 Å². The van der Waals surface area contributed by atoms with Crippen LogP contribution in [0.4, 0.5) is 0 Å². The van der Waals surface area contributed by atoms with Crippen LogP contribution in [0.2, 0.25) is 0 Å². The van der Waals surface area contributed by atoms with Crippen LogP contribution in [0.5, 0.6) is 0 Å². The molecule has 1 aliphatic rings. The summed E-state index contributed by atoms with van der Waals surface area (Å²) in [6, 6.07) is 0.779. The van der Waals surface area contributed by atoms with Crippen molar-refractivity contribution in [1.82, 2.24) is 5.32 Å². The lowest BCUT2D eigenvalue weighted by Crippen LogP contribution is -2.28. The summed E-state index contributed by atoms with van der Waals surface area (Å²) in [7, 11) is 1.71. The summed E-state index contributed by atoms with van der Waals surface area (Å²) in [6.45, 7) is 4.67. The topological polar surface area (TPSA) is 30.5 Å². The highest BCUT2D eigenvalue weighted by Crippen LogP contribution is 2.17. The zero-order chi connectivity index (χ0) is 10.9. The molecule has 0 heterocycles. The Hall–Kier alpha value is -0.120. The zero-order valence-electron chi connectivity index (χ0n) is 10.1. The van der Waals surface area contributed by atoms with Crippen LogP contribution in [0.25, 0.3) is 0 Å². The van der Waals surface area contributed by atoms with Crippen molar-refractivity contribution in [2.45, 2.75) is 51.2 Å². The molecule has 0 aromatic rings. The number of hydrogen-bond donors (Lipinski definition) is 1. The van der Waals surface area contributed by atoms with Crippen LogP contribution < -0.4 is 5.32 Å². The number of hydrogen-bond acceptors (Lipinski definition) is 3. The Kier molecular flexibility index (Phi) is 6.98. The molecule has 0 aromatic heterocycles. The van der Waals surface area contributed by atoms with E-state index in [0.29, 0.717) is 6.61 Å². The van der Waals surface area contributed by atoms with E-state index in [1.165, 1.54) is 25.7 Å². The van der Waals surface area contributed by atoms with E-state index >= 15 is 0 Å². The van der Waals surface area contributed by atoms with Crippen LogP contribution in [0, 0.1) is 0 Å². The van der Waals surface area contributed by atoms with Gasteiger partial charge >= 0.3 is 0 Å². The highest BCUT2D eigenvalue weighted by Gasteiger charge is 2.13. The monoisotopic (exact) mass is 215 g/mol. The van der Waals surface area contributed by atoms with Crippen molar-refractivity contribution in [3.8, 4) is 0 Å². The van der Waals surface area contributed by atoms with Gasteiger partial charge in [-0.25, -0.2) is 0 Å². The average molecular weight is 215 g/mol. The Morgan fingerprint density at radius 3 is 2.73 bits per heavy atom. The molecule has 3 heteroatoms. The second-order valence-electron chi connectivity index (χ2n) is 4.43. The molecule has 1 aliphatic carbocycles. The minimum atomic E-state index is 0.224. The Bertz CT molecular complexity index is 147. The summed E-state index contributed by atoms with van der Waals surface area (Å²) >= 11 is 0. The maximum atomic E-state index is 5.58. The van der Waals surface area contributed by atoms with Crippen molar-refractivity contribution in [3.63, 3.8) is 0 Å².